The summed E-state index contributed by atoms with van der Waals surface area (Å²) in [7, 11) is -5.18. The van der Waals surface area contributed by atoms with E-state index in [0.717, 1.165) is 51.4 Å². The molecule has 66 heavy (non-hydrogen) atoms. The fourth-order valence-electron chi connectivity index (χ4n) is 6.09. The molecule has 0 bridgehead atoms. The quantitative estimate of drug-likeness (QED) is 0.0103. The van der Waals surface area contributed by atoms with Gasteiger partial charge in [-0.1, -0.05) is 148 Å². The average molecular weight is 947 g/mol. The van der Waals surface area contributed by atoms with E-state index in [2.05, 4.69) is 86.8 Å². The minimum atomic E-state index is -5.18. The van der Waals surface area contributed by atoms with Crippen LogP contribution in [0.25, 0.3) is 0 Å². The third-order valence-electron chi connectivity index (χ3n) is 9.88. The molecule has 0 saturated heterocycles. The first-order valence-corrected chi connectivity index (χ1v) is 24.9. The second kappa shape index (κ2) is 39.2. The first-order chi connectivity index (χ1) is 31.8. The maximum Gasteiger partial charge on any atom is 0.472 e. The Bertz CT molecular complexity index is 1630. The molecule has 1 aliphatic carbocycles. The van der Waals surface area contributed by atoms with Gasteiger partial charge in [-0.25, -0.2) is 4.57 Å². The first-order valence-electron chi connectivity index (χ1n) is 23.4. The number of hydrogen-bond donors (Lipinski definition) is 7. The topological polar surface area (TPSA) is 230 Å². The van der Waals surface area contributed by atoms with E-state index in [1.54, 1.807) is 24.3 Å². The van der Waals surface area contributed by atoms with E-state index < -0.39 is 81.8 Å². The number of aliphatic hydroxyl groups is 6. The third-order valence-corrected chi connectivity index (χ3v) is 10.9. The number of ether oxygens (including phenoxy) is 2. The Kier molecular flexibility index (Phi) is 35.8. The summed E-state index contributed by atoms with van der Waals surface area (Å²) in [4.78, 5) is 35.7. The van der Waals surface area contributed by atoms with Gasteiger partial charge in [-0.05, 0) is 83.5 Å². The van der Waals surface area contributed by atoms with Crippen LogP contribution in [-0.2, 0) is 32.7 Å². The van der Waals surface area contributed by atoms with Crippen molar-refractivity contribution in [3.63, 3.8) is 0 Å². The van der Waals surface area contributed by atoms with E-state index in [1.165, 1.54) is 19.3 Å². The number of aliphatic hydroxyl groups excluding tert-OH is 6. The zero-order valence-corrected chi connectivity index (χ0v) is 39.9. The number of phosphoric ester groups is 1. The molecule has 1 rings (SSSR count). The average Bonchev–Trinajstić information content (AvgIpc) is 3.29. The Morgan fingerprint density at radius 2 is 1.06 bits per heavy atom. The van der Waals surface area contributed by atoms with E-state index >= 15 is 0 Å². The summed E-state index contributed by atoms with van der Waals surface area (Å²) < 4.78 is 33.3. The molecule has 0 aromatic rings. The number of hydrogen-bond acceptors (Lipinski definition) is 13. The lowest BCUT2D eigenvalue weighted by atomic mass is 9.85. The smallest absolute Gasteiger partial charge is 0.462 e. The van der Waals surface area contributed by atoms with Gasteiger partial charge in [-0.15, -0.1) is 0 Å². The molecule has 9 atom stereocenters. The van der Waals surface area contributed by atoms with E-state index in [4.69, 9.17) is 18.5 Å². The molecule has 1 aliphatic rings. The molecule has 1 fully saturated rings. The van der Waals surface area contributed by atoms with Gasteiger partial charge in [-0.2, -0.15) is 0 Å². The van der Waals surface area contributed by atoms with Crippen LogP contribution in [0.3, 0.4) is 0 Å². The first kappa shape index (κ1) is 60.2. The lowest BCUT2D eigenvalue weighted by Crippen LogP contribution is -2.64. The Balaban J connectivity index is 2.60. The van der Waals surface area contributed by atoms with Crippen LogP contribution in [0.2, 0.25) is 0 Å². The van der Waals surface area contributed by atoms with Gasteiger partial charge >= 0.3 is 19.8 Å². The second-order valence-corrected chi connectivity index (χ2v) is 17.1. The van der Waals surface area contributed by atoms with Crippen LogP contribution in [0.5, 0.6) is 0 Å². The number of carbonyl (C=O) groups excluding carboxylic acids is 2. The highest BCUT2D eigenvalue weighted by molar-refractivity contribution is 7.47. The largest absolute Gasteiger partial charge is 0.472 e. The molecule has 0 spiro atoms. The van der Waals surface area contributed by atoms with Crippen molar-refractivity contribution in [2.45, 2.75) is 172 Å². The molecule has 14 nitrogen and oxygen atoms in total. The van der Waals surface area contributed by atoms with Crippen LogP contribution in [-0.4, -0.2) is 110 Å². The molecule has 0 aromatic heterocycles. The van der Waals surface area contributed by atoms with Crippen molar-refractivity contribution < 1.29 is 68.2 Å². The van der Waals surface area contributed by atoms with E-state index in [9.17, 15) is 49.7 Å². The fourth-order valence-corrected chi connectivity index (χ4v) is 7.07. The van der Waals surface area contributed by atoms with Gasteiger partial charge in [0, 0.05) is 12.8 Å². The summed E-state index contributed by atoms with van der Waals surface area (Å²) in [5.74, 6) is -1.36. The summed E-state index contributed by atoms with van der Waals surface area (Å²) in [5.41, 5.74) is 0. The van der Waals surface area contributed by atoms with Crippen molar-refractivity contribution in [1.82, 2.24) is 0 Å². The lowest BCUT2D eigenvalue weighted by molar-refractivity contribution is -0.220. The van der Waals surface area contributed by atoms with Crippen LogP contribution < -0.4 is 0 Å². The predicted molar refractivity (Wildman–Crippen MR) is 259 cm³/mol. The SMILES string of the molecule is CC/C=C\C/C=C\C/C=C\C/C=C\C=C/C(O)C/C=C\CCC(=O)OC[C@H](COP(=O)(O)OC1[C@H](O)[C@H](O)C(O)[C@H](O)[C@H]1O)OC(=O)CCC/C=C\C/C=C\C/C=C\C/C=C\CCCCC. The number of carbonyl (C=O) groups is 2. The molecule has 0 amide bonds. The van der Waals surface area contributed by atoms with E-state index in [1.807, 2.05) is 24.3 Å². The third kappa shape index (κ3) is 31.2. The van der Waals surface area contributed by atoms with Crippen LogP contribution in [0, 0.1) is 0 Å². The Labute approximate surface area is 393 Å². The summed E-state index contributed by atoms with van der Waals surface area (Å²) in [6.07, 6.45) is 38.5. The zero-order chi connectivity index (χ0) is 48.7. The molecular formula is C51H79O14P. The molecule has 372 valence electrons. The van der Waals surface area contributed by atoms with Gasteiger partial charge in [-0.3, -0.25) is 18.6 Å². The number of rotatable bonds is 36. The Hall–Kier alpha value is -3.79. The normalized spacial score (nSPS) is 22.9. The monoisotopic (exact) mass is 947 g/mol. The van der Waals surface area contributed by atoms with Crippen molar-refractivity contribution in [1.29, 1.82) is 0 Å². The van der Waals surface area contributed by atoms with Crippen LogP contribution in [0.1, 0.15) is 123 Å². The van der Waals surface area contributed by atoms with Gasteiger partial charge in [0.05, 0.1) is 12.7 Å². The van der Waals surface area contributed by atoms with Crippen LogP contribution >= 0.6 is 7.82 Å². The standard InChI is InChI=1S/C51H79O14P/c1-3-5-7-9-11-13-15-17-18-19-20-22-24-26-28-30-34-39-45(54)64-43(41-63-66(60,61)65-51-49(58)47(56)46(55)48(57)50(51)59)40-62-44(53)38-35-31-33-37-42(52)36-32-29-27-25-23-21-16-14-12-10-8-6-4-2/h6,8,11-14,17-18,20-23,26-29,31-33,36,42-43,46-52,55-59H,3-5,7,9-10,15-16,19,24-25,30,34-35,37-41H2,1-2H3,(H,60,61)/b8-6-,13-11-,14-12-,18-17-,22-20-,23-21-,28-26-,29-27-,33-31-,36-32-/t42?,43-,46?,47-,48+,49-,50-,51?/m1/s1. The van der Waals surface area contributed by atoms with E-state index in [0.29, 0.717) is 19.3 Å². The molecule has 0 aromatic carbocycles. The number of esters is 2. The molecule has 15 heteroatoms. The molecule has 0 aliphatic heterocycles. The minimum Gasteiger partial charge on any atom is -0.462 e. The Morgan fingerprint density at radius 1 is 0.561 bits per heavy atom. The molecule has 0 radical (unpaired) electrons. The van der Waals surface area contributed by atoms with Gasteiger partial charge in [0.2, 0.25) is 0 Å². The molecule has 4 unspecified atom stereocenters. The number of unbranched alkanes of at least 4 members (excludes halogenated alkanes) is 4. The zero-order valence-electron chi connectivity index (χ0n) is 39.0. The van der Waals surface area contributed by atoms with E-state index in [-0.39, 0.29) is 19.3 Å². The van der Waals surface area contributed by atoms with Crippen molar-refractivity contribution >= 4 is 19.8 Å². The van der Waals surface area contributed by atoms with Crippen molar-refractivity contribution in [2.24, 2.45) is 0 Å². The van der Waals surface area contributed by atoms with Gasteiger partial charge < -0.3 is 45.0 Å². The van der Waals surface area contributed by atoms with Crippen molar-refractivity contribution in [2.75, 3.05) is 13.2 Å². The summed E-state index contributed by atoms with van der Waals surface area (Å²) in [6.45, 7) is 2.94. The van der Waals surface area contributed by atoms with Crippen LogP contribution in [0.15, 0.2) is 122 Å². The highest BCUT2D eigenvalue weighted by Crippen LogP contribution is 2.47. The van der Waals surface area contributed by atoms with Crippen LogP contribution in [0.4, 0.5) is 0 Å². The maximum atomic E-state index is 12.8. The minimum absolute atomic E-state index is 0.0242. The second-order valence-electron chi connectivity index (χ2n) is 15.7. The summed E-state index contributed by atoms with van der Waals surface area (Å²) in [5, 5.41) is 60.4. The number of phosphoric acid groups is 1. The molecule has 0 heterocycles. The van der Waals surface area contributed by atoms with Gasteiger partial charge in [0.25, 0.3) is 0 Å². The highest BCUT2D eigenvalue weighted by Gasteiger charge is 2.51. The summed E-state index contributed by atoms with van der Waals surface area (Å²) in [6, 6.07) is 0. The lowest BCUT2D eigenvalue weighted by Gasteiger charge is -2.41. The predicted octanol–water partition coefficient (Wildman–Crippen LogP) is 8.36. The maximum absolute atomic E-state index is 12.8. The van der Waals surface area contributed by atoms with Gasteiger partial charge in [0.15, 0.2) is 6.10 Å². The summed E-state index contributed by atoms with van der Waals surface area (Å²) >= 11 is 0. The highest BCUT2D eigenvalue weighted by atomic mass is 31.2. The molecular weight excluding hydrogens is 868 g/mol. The Morgan fingerprint density at radius 3 is 1.62 bits per heavy atom. The van der Waals surface area contributed by atoms with Crippen molar-refractivity contribution in [3.05, 3.63) is 122 Å². The fraction of sp³-hybridized carbons (Fsp3) is 0.569. The number of allylic oxidation sites excluding steroid dienone is 18. The van der Waals surface area contributed by atoms with Gasteiger partial charge in [0.1, 0.15) is 43.2 Å². The molecule has 7 N–H and O–H groups in total. The molecule has 1 saturated carbocycles. The van der Waals surface area contributed by atoms with Crippen molar-refractivity contribution in [3.8, 4) is 0 Å².